The van der Waals surface area contributed by atoms with E-state index in [9.17, 15) is 5.11 Å². The lowest BCUT2D eigenvalue weighted by Gasteiger charge is -2.38. The van der Waals surface area contributed by atoms with Crippen LogP contribution in [0.4, 0.5) is 5.82 Å². The molecule has 0 unspecified atom stereocenters. The molecule has 2 aromatic carbocycles. The highest BCUT2D eigenvalue weighted by Crippen LogP contribution is 2.29. The molecule has 0 amide bonds. The number of nitrogens with zero attached hydrogens (tertiary/aromatic N) is 5. The number of β-amino-alcohol motifs (C(OH)–C–C–N with tert-alkyl or cyclic N) is 1. The lowest BCUT2D eigenvalue weighted by Crippen LogP contribution is -2.51. The maximum absolute atomic E-state index is 10.7. The highest BCUT2D eigenvalue weighted by atomic mass is 16.5. The van der Waals surface area contributed by atoms with Gasteiger partial charge in [-0.2, -0.15) is 0 Å². The first kappa shape index (κ1) is 26.8. The second kappa shape index (κ2) is 12.3. The molecule has 0 aliphatic carbocycles. The number of rotatable bonds is 8. The van der Waals surface area contributed by atoms with Crippen LogP contribution in [0, 0.1) is 20.8 Å². The van der Waals surface area contributed by atoms with Gasteiger partial charge in [-0.3, -0.25) is 9.80 Å². The minimum atomic E-state index is -0.342. The standard InChI is InChI=1S/C31H41N5O2/c1-23-9-10-24(2)27(19-23)20-29-25(3)32-30(26-7-5-4-6-8-26)33-31(29)36-13-11-34(12-14-36)21-28(37)22-35-15-17-38-18-16-35/h4-10,19,28,37H,11-18,20-22H2,1-3H3/t28-/m1/s1. The van der Waals surface area contributed by atoms with Crippen molar-refractivity contribution in [3.8, 4) is 11.4 Å². The summed E-state index contributed by atoms with van der Waals surface area (Å²) >= 11 is 0. The molecular weight excluding hydrogens is 474 g/mol. The van der Waals surface area contributed by atoms with Crippen LogP contribution in [0.1, 0.15) is 27.9 Å². The fourth-order valence-corrected chi connectivity index (χ4v) is 5.53. The summed E-state index contributed by atoms with van der Waals surface area (Å²) in [6, 6.07) is 16.9. The molecule has 1 atom stereocenters. The Kier molecular flexibility index (Phi) is 8.69. The van der Waals surface area contributed by atoms with Crippen molar-refractivity contribution < 1.29 is 9.84 Å². The molecular formula is C31H41N5O2. The van der Waals surface area contributed by atoms with Crippen molar-refractivity contribution in [2.45, 2.75) is 33.3 Å². The lowest BCUT2D eigenvalue weighted by molar-refractivity contribution is 0.00655. The number of aliphatic hydroxyl groups excluding tert-OH is 1. The number of ether oxygens (including phenoxy) is 1. The Morgan fingerprint density at radius 1 is 0.842 bits per heavy atom. The first-order chi connectivity index (χ1) is 18.5. The predicted molar refractivity (Wildman–Crippen MR) is 153 cm³/mol. The number of hydrogen-bond donors (Lipinski definition) is 1. The first-order valence-electron chi connectivity index (χ1n) is 13.9. The number of aryl methyl sites for hydroxylation is 3. The zero-order valence-electron chi connectivity index (χ0n) is 23.1. The van der Waals surface area contributed by atoms with E-state index >= 15 is 0 Å². The minimum Gasteiger partial charge on any atom is -0.390 e. The van der Waals surface area contributed by atoms with Crippen molar-refractivity contribution in [1.82, 2.24) is 19.8 Å². The van der Waals surface area contributed by atoms with Crippen molar-refractivity contribution in [2.24, 2.45) is 0 Å². The molecule has 7 heteroatoms. The number of morpholine rings is 1. The van der Waals surface area contributed by atoms with E-state index in [1.165, 1.54) is 22.3 Å². The Balaban J connectivity index is 1.34. The van der Waals surface area contributed by atoms with Gasteiger partial charge < -0.3 is 14.7 Å². The van der Waals surface area contributed by atoms with Crippen molar-refractivity contribution in [2.75, 3.05) is 70.5 Å². The predicted octanol–water partition coefficient (Wildman–Crippen LogP) is 3.47. The molecule has 2 fully saturated rings. The minimum absolute atomic E-state index is 0.342. The van der Waals surface area contributed by atoms with Crippen LogP contribution in [-0.2, 0) is 11.2 Å². The molecule has 1 aromatic heterocycles. The van der Waals surface area contributed by atoms with E-state index < -0.39 is 0 Å². The van der Waals surface area contributed by atoms with Crippen molar-refractivity contribution in [1.29, 1.82) is 0 Å². The second-order valence-electron chi connectivity index (χ2n) is 10.8. The molecule has 7 nitrogen and oxygen atoms in total. The highest BCUT2D eigenvalue weighted by molar-refractivity contribution is 5.61. The molecule has 2 aliphatic heterocycles. The quantitative estimate of drug-likeness (QED) is 0.493. The first-order valence-corrected chi connectivity index (χ1v) is 13.9. The third kappa shape index (κ3) is 6.59. The van der Waals surface area contributed by atoms with Gasteiger partial charge in [0.05, 0.1) is 19.3 Å². The second-order valence-corrected chi connectivity index (χ2v) is 10.8. The third-order valence-corrected chi connectivity index (χ3v) is 7.81. The Hall–Kier alpha value is -2.84. The molecule has 3 heterocycles. The van der Waals surface area contributed by atoms with Gasteiger partial charge in [-0.15, -0.1) is 0 Å². The lowest BCUT2D eigenvalue weighted by atomic mass is 9.97. The summed E-state index contributed by atoms with van der Waals surface area (Å²) in [6.45, 7) is 14.8. The number of anilines is 1. The molecule has 1 N–H and O–H groups in total. The largest absolute Gasteiger partial charge is 0.390 e. The Labute approximate surface area is 227 Å². The van der Waals surface area contributed by atoms with Crippen LogP contribution in [0.5, 0.6) is 0 Å². The van der Waals surface area contributed by atoms with Crippen LogP contribution < -0.4 is 4.90 Å². The Morgan fingerprint density at radius 2 is 1.53 bits per heavy atom. The van der Waals surface area contributed by atoms with E-state index in [2.05, 4.69) is 65.8 Å². The van der Waals surface area contributed by atoms with Crippen molar-refractivity contribution in [3.05, 3.63) is 76.5 Å². The van der Waals surface area contributed by atoms with Gasteiger partial charge in [0.25, 0.3) is 0 Å². The zero-order chi connectivity index (χ0) is 26.5. The average Bonchev–Trinajstić information content (AvgIpc) is 2.93. The topological polar surface area (TPSA) is 65.0 Å². The molecule has 0 spiro atoms. The van der Waals surface area contributed by atoms with Gasteiger partial charge in [0.2, 0.25) is 0 Å². The Bertz CT molecular complexity index is 1200. The van der Waals surface area contributed by atoms with Crippen molar-refractivity contribution in [3.63, 3.8) is 0 Å². The summed E-state index contributed by atoms with van der Waals surface area (Å²) in [4.78, 5) is 17.2. The maximum atomic E-state index is 10.7. The summed E-state index contributed by atoms with van der Waals surface area (Å²) in [5, 5.41) is 10.7. The number of piperazine rings is 1. The van der Waals surface area contributed by atoms with Gasteiger partial charge in [0.1, 0.15) is 5.82 Å². The molecule has 3 aromatic rings. The van der Waals surface area contributed by atoms with Gasteiger partial charge in [-0.05, 0) is 31.9 Å². The fraction of sp³-hybridized carbons (Fsp3) is 0.484. The molecule has 38 heavy (non-hydrogen) atoms. The smallest absolute Gasteiger partial charge is 0.161 e. The van der Waals surface area contributed by atoms with E-state index in [4.69, 9.17) is 14.7 Å². The van der Waals surface area contributed by atoms with Crippen LogP contribution in [0.15, 0.2) is 48.5 Å². The summed E-state index contributed by atoms with van der Waals surface area (Å²) in [5.74, 6) is 1.83. The van der Waals surface area contributed by atoms with Crippen LogP contribution in [0.3, 0.4) is 0 Å². The molecule has 2 saturated heterocycles. The zero-order valence-corrected chi connectivity index (χ0v) is 23.1. The summed E-state index contributed by atoms with van der Waals surface area (Å²) in [7, 11) is 0. The third-order valence-electron chi connectivity index (χ3n) is 7.81. The van der Waals surface area contributed by atoms with Crippen LogP contribution in [-0.4, -0.2) is 96.6 Å². The van der Waals surface area contributed by atoms with Gasteiger partial charge in [-0.25, -0.2) is 9.97 Å². The fourth-order valence-electron chi connectivity index (χ4n) is 5.53. The maximum Gasteiger partial charge on any atom is 0.161 e. The monoisotopic (exact) mass is 515 g/mol. The van der Waals surface area contributed by atoms with Gasteiger partial charge >= 0.3 is 0 Å². The van der Waals surface area contributed by atoms with Crippen molar-refractivity contribution >= 4 is 5.82 Å². The van der Waals surface area contributed by atoms with E-state index in [-0.39, 0.29) is 6.10 Å². The normalized spacial score (nSPS) is 18.1. The van der Waals surface area contributed by atoms with Gasteiger partial charge in [0.15, 0.2) is 5.82 Å². The van der Waals surface area contributed by atoms with E-state index in [0.29, 0.717) is 6.54 Å². The van der Waals surface area contributed by atoms with E-state index in [1.54, 1.807) is 0 Å². The van der Waals surface area contributed by atoms with Gasteiger partial charge in [0, 0.05) is 75.6 Å². The molecule has 0 saturated carbocycles. The van der Waals surface area contributed by atoms with E-state index in [1.807, 2.05) is 18.2 Å². The Morgan fingerprint density at radius 3 is 2.24 bits per heavy atom. The number of benzene rings is 2. The number of aromatic nitrogens is 2. The molecule has 0 radical (unpaired) electrons. The molecule has 2 aliphatic rings. The summed E-state index contributed by atoms with van der Waals surface area (Å²) in [6.07, 6.45) is 0.480. The van der Waals surface area contributed by atoms with Gasteiger partial charge in [-0.1, -0.05) is 54.1 Å². The molecule has 202 valence electrons. The molecule has 5 rings (SSSR count). The van der Waals surface area contributed by atoms with Crippen LogP contribution in [0.25, 0.3) is 11.4 Å². The number of hydrogen-bond acceptors (Lipinski definition) is 7. The average molecular weight is 516 g/mol. The van der Waals surface area contributed by atoms with E-state index in [0.717, 1.165) is 88.3 Å². The van der Waals surface area contributed by atoms with Crippen LogP contribution >= 0.6 is 0 Å². The number of aliphatic hydroxyl groups is 1. The SMILES string of the molecule is Cc1ccc(C)c(Cc2c(C)nc(-c3ccccc3)nc2N2CCN(C[C@@H](O)CN3CCOCC3)CC2)c1. The summed E-state index contributed by atoms with van der Waals surface area (Å²) in [5.41, 5.74) is 7.19. The summed E-state index contributed by atoms with van der Waals surface area (Å²) < 4.78 is 5.44. The highest BCUT2D eigenvalue weighted by Gasteiger charge is 2.25. The molecule has 0 bridgehead atoms. The van der Waals surface area contributed by atoms with Crippen LogP contribution in [0.2, 0.25) is 0 Å².